The molecule has 2 atom stereocenters. The van der Waals surface area contributed by atoms with E-state index in [1.807, 2.05) is 6.92 Å². The van der Waals surface area contributed by atoms with E-state index in [-0.39, 0.29) is 23.8 Å². The Labute approximate surface area is 116 Å². The maximum absolute atomic E-state index is 12.1. The van der Waals surface area contributed by atoms with Gasteiger partial charge < -0.3 is 5.32 Å². The Hall–Kier alpha value is -0.900. The van der Waals surface area contributed by atoms with Gasteiger partial charge in [0.2, 0.25) is 5.91 Å². The van der Waals surface area contributed by atoms with E-state index in [1.165, 1.54) is 0 Å². The van der Waals surface area contributed by atoms with E-state index in [0.717, 1.165) is 38.8 Å². The number of ketones is 1. The van der Waals surface area contributed by atoms with Gasteiger partial charge in [-0.15, -0.1) is 0 Å². The largest absolute Gasteiger partial charge is 0.355 e. The summed E-state index contributed by atoms with van der Waals surface area (Å²) in [6.07, 6.45) is 4.05. The second kappa shape index (κ2) is 7.63. The normalized spacial score (nSPS) is 22.3. The summed E-state index contributed by atoms with van der Waals surface area (Å²) >= 11 is 0. The molecular formula is C15H28N2O2. The molecule has 2 unspecified atom stereocenters. The molecule has 4 heteroatoms. The summed E-state index contributed by atoms with van der Waals surface area (Å²) in [6, 6.07) is -0.277. The van der Waals surface area contributed by atoms with E-state index >= 15 is 0 Å². The Morgan fingerprint density at radius 2 is 1.95 bits per heavy atom. The fourth-order valence-electron chi connectivity index (χ4n) is 2.64. The van der Waals surface area contributed by atoms with Crippen LogP contribution in [0.4, 0.5) is 0 Å². The van der Waals surface area contributed by atoms with E-state index in [2.05, 4.69) is 24.1 Å². The molecule has 1 rings (SSSR count). The molecule has 0 saturated carbocycles. The van der Waals surface area contributed by atoms with E-state index in [1.54, 1.807) is 6.92 Å². The zero-order valence-corrected chi connectivity index (χ0v) is 12.7. The summed E-state index contributed by atoms with van der Waals surface area (Å²) in [4.78, 5) is 25.9. The van der Waals surface area contributed by atoms with Gasteiger partial charge in [-0.3, -0.25) is 14.5 Å². The number of nitrogens with zero attached hydrogens (tertiary/aromatic N) is 1. The maximum Gasteiger partial charge on any atom is 0.237 e. The lowest BCUT2D eigenvalue weighted by Crippen LogP contribution is -2.54. The van der Waals surface area contributed by atoms with Crippen LogP contribution in [0.1, 0.15) is 53.4 Å². The maximum atomic E-state index is 12.1. The number of nitrogens with one attached hydrogen (secondary N) is 1. The summed E-state index contributed by atoms with van der Waals surface area (Å²) in [7, 11) is 0. The molecule has 1 heterocycles. The van der Waals surface area contributed by atoms with Crippen molar-refractivity contribution in [3.63, 3.8) is 0 Å². The van der Waals surface area contributed by atoms with Crippen LogP contribution in [0.3, 0.4) is 0 Å². The summed E-state index contributed by atoms with van der Waals surface area (Å²) < 4.78 is 0. The van der Waals surface area contributed by atoms with Gasteiger partial charge in [0, 0.05) is 6.54 Å². The quantitative estimate of drug-likeness (QED) is 0.801. The van der Waals surface area contributed by atoms with E-state index < -0.39 is 0 Å². The Morgan fingerprint density at radius 1 is 1.26 bits per heavy atom. The lowest BCUT2D eigenvalue weighted by Gasteiger charge is -2.37. The number of piperidine rings is 1. The molecule has 110 valence electrons. The molecule has 1 fully saturated rings. The number of amides is 1. The van der Waals surface area contributed by atoms with Crippen LogP contribution in [0.15, 0.2) is 0 Å². The third-order valence-corrected chi connectivity index (χ3v) is 3.91. The van der Waals surface area contributed by atoms with Gasteiger partial charge in [0.05, 0.1) is 12.1 Å². The standard InChI is InChI=1S/C15H28N2O2/c1-11(2)8-9-16-15(19)12(3)17-10-6-5-7-14(17)13(4)18/h11-12,14H,5-10H2,1-4H3,(H,16,19). The van der Waals surface area contributed by atoms with Gasteiger partial charge in [-0.05, 0) is 45.6 Å². The van der Waals surface area contributed by atoms with Crippen molar-refractivity contribution < 1.29 is 9.59 Å². The van der Waals surface area contributed by atoms with Crippen LogP contribution in [0.25, 0.3) is 0 Å². The number of rotatable bonds is 6. The molecule has 0 aromatic rings. The van der Waals surface area contributed by atoms with Gasteiger partial charge in [-0.25, -0.2) is 0 Å². The summed E-state index contributed by atoms with van der Waals surface area (Å²) in [5.74, 6) is 0.825. The van der Waals surface area contributed by atoms with Crippen molar-refractivity contribution in [2.45, 2.75) is 65.5 Å². The van der Waals surface area contributed by atoms with Crippen molar-refractivity contribution in [3.05, 3.63) is 0 Å². The molecule has 19 heavy (non-hydrogen) atoms. The average molecular weight is 268 g/mol. The fraction of sp³-hybridized carbons (Fsp3) is 0.867. The second-order valence-electron chi connectivity index (χ2n) is 6.01. The third kappa shape index (κ3) is 4.94. The van der Waals surface area contributed by atoms with Crippen LogP contribution >= 0.6 is 0 Å². The molecule has 1 N–H and O–H groups in total. The first-order valence-corrected chi connectivity index (χ1v) is 7.47. The van der Waals surface area contributed by atoms with Crippen LogP contribution in [0.2, 0.25) is 0 Å². The van der Waals surface area contributed by atoms with E-state index in [4.69, 9.17) is 0 Å². The smallest absolute Gasteiger partial charge is 0.237 e. The highest BCUT2D eigenvalue weighted by Crippen LogP contribution is 2.20. The summed E-state index contributed by atoms with van der Waals surface area (Å²) in [5, 5.41) is 2.98. The highest BCUT2D eigenvalue weighted by atomic mass is 16.2. The Bertz CT molecular complexity index is 315. The highest BCUT2D eigenvalue weighted by molar-refractivity contribution is 5.85. The molecule has 0 aliphatic carbocycles. The van der Waals surface area contributed by atoms with Crippen molar-refractivity contribution in [2.75, 3.05) is 13.1 Å². The van der Waals surface area contributed by atoms with Gasteiger partial charge in [-0.1, -0.05) is 20.3 Å². The monoisotopic (exact) mass is 268 g/mol. The molecule has 1 amide bonds. The SMILES string of the molecule is CC(=O)C1CCCCN1C(C)C(=O)NCCC(C)C. The van der Waals surface area contributed by atoms with Gasteiger partial charge in [0.25, 0.3) is 0 Å². The first-order chi connectivity index (χ1) is 8.93. The molecule has 1 saturated heterocycles. The lowest BCUT2D eigenvalue weighted by molar-refractivity contribution is -0.131. The predicted molar refractivity (Wildman–Crippen MR) is 77.0 cm³/mol. The molecule has 1 aliphatic rings. The number of likely N-dealkylation sites (tertiary alicyclic amines) is 1. The van der Waals surface area contributed by atoms with Crippen molar-refractivity contribution >= 4 is 11.7 Å². The molecule has 4 nitrogen and oxygen atoms in total. The number of hydrogen-bond donors (Lipinski definition) is 1. The average Bonchev–Trinajstić information content (AvgIpc) is 2.37. The van der Waals surface area contributed by atoms with Crippen LogP contribution in [-0.2, 0) is 9.59 Å². The van der Waals surface area contributed by atoms with Crippen molar-refractivity contribution in [2.24, 2.45) is 5.92 Å². The summed E-state index contributed by atoms with van der Waals surface area (Å²) in [5.41, 5.74) is 0. The molecule has 0 bridgehead atoms. The van der Waals surface area contributed by atoms with Gasteiger partial charge >= 0.3 is 0 Å². The topological polar surface area (TPSA) is 49.4 Å². The molecule has 1 aliphatic heterocycles. The minimum absolute atomic E-state index is 0.0498. The molecular weight excluding hydrogens is 240 g/mol. The third-order valence-electron chi connectivity index (χ3n) is 3.91. The van der Waals surface area contributed by atoms with Gasteiger partial charge in [0.15, 0.2) is 0 Å². The zero-order valence-electron chi connectivity index (χ0n) is 12.7. The Morgan fingerprint density at radius 3 is 2.53 bits per heavy atom. The number of hydrogen-bond acceptors (Lipinski definition) is 3. The van der Waals surface area contributed by atoms with Crippen molar-refractivity contribution in [1.29, 1.82) is 0 Å². The Kier molecular flexibility index (Phi) is 6.49. The van der Waals surface area contributed by atoms with Crippen LogP contribution in [0.5, 0.6) is 0 Å². The Balaban J connectivity index is 2.51. The number of Topliss-reactive ketones (excluding diaryl/α,β-unsaturated/α-hetero) is 1. The number of carbonyl (C=O) groups is 2. The van der Waals surface area contributed by atoms with Gasteiger partial charge in [0.1, 0.15) is 5.78 Å². The zero-order chi connectivity index (χ0) is 14.4. The minimum atomic E-state index is -0.207. The van der Waals surface area contributed by atoms with E-state index in [9.17, 15) is 9.59 Å². The van der Waals surface area contributed by atoms with Crippen LogP contribution < -0.4 is 5.32 Å². The predicted octanol–water partition coefficient (Wildman–Crippen LogP) is 1.98. The first kappa shape index (κ1) is 16.2. The van der Waals surface area contributed by atoms with Crippen LogP contribution in [0, 0.1) is 5.92 Å². The van der Waals surface area contributed by atoms with Crippen LogP contribution in [-0.4, -0.2) is 41.8 Å². The molecule has 0 radical (unpaired) electrons. The van der Waals surface area contributed by atoms with Crippen molar-refractivity contribution in [3.8, 4) is 0 Å². The highest BCUT2D eigenvalue weighted by Gasteiger charge is 2.32. The van der Waals surface area contributed by atoms with Crippen molar-refractivity contribution in [1.82, 2.24) is 10.2 Å². The molecule has 0 aromatic heterocycles. The summed E-state index contributed by atoms with van der Waals surface area (Å²) in [6.45, 7) is 9.40. The molecule has 0 aromatic carbocycles. The number of carbonyl (C=O) groups excluding carboxylic acids is 2. The van der Waals surface area contributed by atoms with E-state index in [0.29, 0.717) is 5.92 Å². The minimum Gasteiger partial charge on any atom is -0.355 e. The lowest BCUT2D eigenvalue weighted by atomic mass is 9.97. The first-order valence-electron chi connectivity index (χ1n) is 7.47. The fourth-order valence-corrected chi connectivity index (χ4v) is 2.64. The second-order valence-corrected chi connectivity index (χ2v) is 6.01. The van der Waals surface area contributed by atoms with Gasteiger partial charge in [-0.2, -0.15) is 0 Å². The molecule has 0 spiro atoms.